The SMILES string of the molecule is Cc1ccc(S(=O)(=O)N(C)CC(=O)N[C@@H](Cc2ccc(OC(=O)N3CCOCC3)cc2)C(=O)OC(C)(C)C)cc1. The van der Waals surface area contributed by atoms with Crippen molar-refractivity contribution in [1.29, 1.82) is 0 Å². The Kier molecular flexibility index (Phi) is 10.3. The number of hydrogen-bond acceptors (Lipinski definition) is 8. The maximum atomic E-state index is 13.0. The summed E-state index contributed by atoms with van der Waals surface area (Å²) < 4.78 is 42.9. The molecule has 1 N–H and O–H groups in total. The van der Waals surface area contributed by atoms with Crippen molar-refractivity contribution in [2.45, 2.75) is 50.7 Å². The smallest absolute Gasteiger partial charge is 0.415 e. The molecule has 0 saturated carbocycles. The van der Waals surface area contributed by atoms with Crippen molar-refractivity contribution < 1.29 is 37.0 Å². The number of carbonyl (C=O) groups is 3. The third-order valence-electron chi connectivity index (χ3n) is 5.96. The van der Waals surface area contributed by atoms with Crippen molar-refractivity contribution in [2.24, 2.45) is 0 Å². The Balaban J connectivity index is 1.67. The van der Waals surface area contributed by atoms with E-state index in [0.717, 1.165) is 9.87 Å². The summed E-state index contributed by atoms with van der Waals surface area (Å²) in [6, 6.07) is 11.8. The predicted octanol–water partition coefficient (Wildman–Crippen LogP) is 2.52. The van der Waals surface area contributed by atoms with E-state index in [4.69, 9.17) is 14.2 Å². The van der Waals surface area contributed by atoms with Crippen LogP contribution in [0.1, 0.15) is 31.9 Å². The van der Waals surface area contributed by atoms with Crippen LogP contribution in [0.25, 0.3) is 0 Å². The Morgan fingerprint density at radius 3 is 2.20 bits per heavy atom. The Hall–Kier alpha value is -3.48. The zero-order valence-electron chi connectivity index (χ0n) is 23.5. The summed E-state index contributed by atoms with van der Waals surface area (Å²) in [5, 5.41) is 2.62. The highest BCUT2D eigenvalue weighted by Crippen LogP contribution is 2.18. The highest BCUT2D eigenvalue weighted by atomic mass is 32.2. The van der Waals surface area contributed by atoms with E-state index in [2.05, 4.69) is 5.32 Å². The summed E-state index contributed by atoms with van der Waals surface area (Å²) in [5.41, 5.74) is 0.772. The fourth-order valence-corrected chi connectivity index (χ4v) is 4.95. The van der Waals surface area contributed by atoms with Crippen LogP contribution in [0, 0.1) is 6.92 Å². The van der Waals surface area contributed by atoms with Crippen molar-refractivity contribution in [3.8, 4) is 5.75 Å². The first-order chi connectivity index (χ1) is 18.7. The molecule has 3 rings (SSSR count). The quantitative estimate of drug-likeness (QED) is 0.452. The molecule has 0 aliphatic carbocycles. The van der Waals surface area contributed by atoms with Gasteiger partial charge in [0.15, 0.2) is 0 Å². The van der Waals surface area contributed by atoms with Gasteiger partial charge in [-0.25, -0.2) is 18.0 Å². The number of nitrogens with zero attached hydrogens (tertiary/aromatic N) is 2. The largest absolute Gasteiger partial charge is 0.458 e. The minimum atomic E-state index is -3.91. The highest BCUT2D eigenvalue weighted by molar-refractivity contribution is 7.89. The molecule has 11 nitrogen and oxygen atoms in total. The molecule has 1 saturated heterocycles. The van der Waals surface area contributed by atoms with Crippen LogP contribution in [0.4, 0.5) is 4.79 Å². The molecule has 1 fully saturated rings. The molecule has 1 aliphatic heterocycles. The van der Waals surface area contributed by atoms with Gasteiger partial charge in [0.1, 0.15) is 17.4 Å². The second kappa shape index (κ2) is 13.2. The van der Waals surface area contributed by atoms with Gasteiger partial charge in [-0.2, -0.15) is 4.31 Å². The average Bonchev–Trinajstić information content (AvgIpc) is 2.89. The molecule has 0 bridgehead atoms. The Bertz CT molecular complexity index is 1280. The lowest BCUT2D eigenvalue weighted by molar-refractivity contribution is -0.158. The molecule has 2 amide bonds. The van der Waals surface area contributed by atoms with E-state index in [9.17, 15) is 22.8 Å². The van der Waals surface area contributed by atoms with Gasteiger partial charge in [-0.3, -0.25) is 4.79 Å². The number of sulfonamides is 1. The van der Waals surface area contributed by atoms with Crippen molar-refractivity contribution in [1.82, 2.24) is 14.5 Å². The van der Waals surface area contributed by atoms with Crippen molar-refractivity contribution >= 4 is 28.0 Å². The third-order valence-corrected chi connectivity index (χ3v) is 7.78. The molecule has 0 spiro atoms. The number of amides is 2. The van der Waals surface area contributed by atoms with Gasteiger partial charge >= 0.3 is 12.1 Å². The normalized spacial score (nSPS) is 14.9. The van der Waals surface area contributed by atoms with E-state index in [-0.39, 0.29) is 11.3 Å². The van der Waals surface area contributed by atoms with Gasteiger partial charge in [0.05, 0.1) is 24.7 Å². The lowest BCUT2D eigenvalue weighted by Gasteiger charge is -2.26. The molecule has 218 valence electrons. The monoisotopic (exact) mass is 575 g/mol. The topological polar surface area (TPSA) is 132 Å². The fourth-order valence-electron chi connectivity index (χ4n) is 3.82. The molecular weight excluding hydrogens is 538 g/mol. The summed E-state index contributed by atoms with van der Waals surface area (Å²) >= 11 is 0. The van der Waals surface area contributed by atoms with E-state index < -0.39 is 46.2 Å². The fraction of sp³-hybridized carbons (Fsp3) is 0.464. The second-order valence-electron chi connectivity index (χ2n) is 10.5. The molecular formula is C28H37N3O8S. The van der Waals surface area contributed by atoms with Crippen molar-refractivity contribution in [2.75, 3.05) is 39.9 Å². The molecule has 40 heavy (non-hydrogen) atoms. The molecule has 1 heterocycles. The molecule has 2 aromatic carbocycles. The van der Waals surface area contributed by atoms with E-state index in [0.29, 0.717) is 37.6 Å². The maximum absolute atomic E-state index is 13.0. The average molecular weight is 576 g/mol. The van der Waals surface area contributed by atoms with Gasteiger partial charge in [-0.05, 0) is 57.5 Å². The van der Waals surface area contributed by atoms with Gasteiger partial charge in [0.25, 0.3) is 0 Å². The Morgan fingerprint density at radius 2 is 1.62 bits per heavy atom. The lowest BCUT2D eigenvalue weighted by Crippen LogP contribution is -2.48. The molecule has 0 unspecified atom stereocenters. The summed E-state index contributed by atoms with van der Waals surface area (Å²) in [4.78, 5) is 39.8. The Labute approximate surface area is 235 Å². The molecule has 2 aromatic rings. The number of nitrogens with one attached hydrogen (secondary N) is 1. The van der Waals surface area contributed by atoms with Gasteiger partial charge < -0.3 is 24.4 Å². The maximum Gasteiger partial charge on any atom is 0.415 e. The van der Waals surface area contributed by atoms with Crippen LogP contribution in [0.15, 0.2) is 53.4 Å². The summed E-state index contributed by atoms with van der Waals surface area (Å²) in [7, 11) is -2.61. The summed E-state index contributed by atoms with van der Waals surface area (Å²) in [6.45, 7) is 8.31. The highest BCUT2D eigenvalue weighted by Gasteiger charge is 2.29. The number of esters is 1. The van der Waals surface area contributed by atoms with Crippen LogP contribution in [-0.4, -0.2) is 87.1 Å². The van der Waals surface area contributed by atoms with Gasteiger partial charge in [0, 0.05) is 26.6 Å². The van der Waals surface area contributed by atoms with Crippen LogP contribution < -0.4 is 10.1 Å². The first-order valence-corrected chi connectivity index (χ1v) is 14.4. The van der Waals surface area contributed by atoms with E-state index in [1.165, 1.54) is 19.2 Å². The number of ether oxygens (including phenoxy) is 3. The predicted molar refractivity (Wildman–Crippen MR) is 147 cm³/mol. The number of rotatable bonds is 9. The number of carbonyl (C=O) groups excluding carboxylic acids is 3. The number of aryl methyl sites for hydroxylation is 1. The van der Waals surface area contributed by atoms with E-state index in [1.54, 1.807) is 62.1 Å². The van der Waals surface area contributed by atoms with Gasteiger partial charge in [0.2, 0.25) is 15.9 Å². The zero-order valence-corrected chi connectivity index (χ0v) is 24.3. The van der Waals surface area contributed by atoms with Crippen LogP contribution in [0.2, 0.25) is 0 Å². The number of morpholine rings is 1. The minimum Gasteiger partial charge on any atom is -0.458 e. The number of likely N-dealkylation sites (N-methyl/N-ethyl adjacent to an activating group) is 1. The van der Waals surface area contributed by atoms with Crippen LogP contribution in [-0.2, 0) is 35.5 Å². The molecule has 12 heteroatoms. The van der Waals surface area contributed by atoms with Gasteiger partial charge in [-0.15, -0.1) is 0 Å². The van der Waals surface area contributed by atoms with E-state index in [1.807, 2.05) is 6.92 Å². The first-order valence-electron chi connectivity index (χ1n) is 12.9. The second-order valence-corrected chi connectivity index (χ2v) is 12.6. The molecule has 0 radical (unpaired) electrons. The first kappa shape index (κ1) is 31.1. The minimum absolute atomic E-state index is 0.0616. The number of benzene rings is 2. The zero-order chi connectivity index (χ0) is 29.5. The molecule has 0 aromatic heterocycles. The van der Waals surface area contributed by atoms with Gasteiger partial charge in [-0.1, -0.05) is 29.8 Å². The van der Waals surface area contributed by atoms with Crippen molar-refractivity contribution in [3.63, 3.8) is 0 Å². The number of hydrogen-bond donors (Lipinski definition) is 1. The summed E-state index contributed by atoms with van der Waals surface area (Å²) in [5.74, 6) is -0.987. The van der Waals surface area contributed by atoms with Crippen LogP contribution in [0.3, 0.4) is 0 Å². The molecule has 1 atom stereocenters. The van der Waals surface area contributed by atoms with Crippen LogP contribution >= 0.6 is 0 Å². The lowest BCUT2D eigenvalue weighted by atomic mass is 10.1. The standard InChI is InChI=1S/C28H37N3O8S/c1-20-6-12-23(13-7-20)40(35,36)30(5)19-25(32)29-24(26(33)39-28(2,3)4)18-21-8-10-22(11-9-21)38-27(34)31-14-16-37-17-15-31/h6-13,24H,14-19H2,1-5H3,(H,29,32)/t24-/m0/s1. The van der Waals surface area contributed by atoms with Crippen molar-refractivity contribution in [3.05, 3.63) is 59.7 Å². The van der Waals surface area contributed by atoms with E-state index >= 15 is 0 Å². The molecule has 1 aliphatic rings. The van der Waals surface area contributed by atoms with Crippen LogP contribution in [0.5, 0.6) is 5.75 Å². The summed E-state index contributed by atoms with van der Waals surface area (Å²) in [6.07, 6.45) is -0.396. The third kappa shape index (κ3) is 9.04. The Morgan fingerprint density at radius 1 is 1.02 bits per heavy atom.